The van der Waals surface area contributed by atoms with Gasteiger partial charge in [0.15, 0.2) is 0 Å². The third-order valence-electron chi connectivity index (χ3n) is 2.83. The summed E-state index contributed by atoms with van der Waals surface area (Å²) in [5.41, 5.74) is 3.68. The van der Waals surface area contributed by atoms with Gasteiger partial charge in [-0.15, -0.1) is 0 Å². The molecule has 0 aliphatic rings. The maximum Gasteiger partial charge on any atom is 0.0433 e. The molecule has 1 nitrogen and oxygen atoms in total. The van der Waals surface area contributed by atoms with Crippen molar-refractivity contribution in [2.24, 2.45) is 0 Å². The molecule has 92 valence electrons. The maximum atomic E-state index is 8.72. The van der Waals surface area contributed by atoms with Crippen LogP contribution in [0.15, 0.2) is 60.7 Å². The van der Waals surface area contributed by atoms with E-state index in [4.69, 9.17) is 5.11 Å². The van der Waals surface area contributed by atoms with E-state index in [0.717, 1.165) is 12.8 Å². The summed E-state index contributed by atoms with van der Waals surface area (Å²) in [5, 5.41) is 8.72. The van der Waals surface area contributed by atoms with Gasteiger partial charge in [0, 0.05) is 6.61 Å². The Kier molecular flexibility index (Phi) is 4.74. The van der Waals surface area contributed by atoms with Gasteiger partial charge < -0.3 is 5.11 Å². The molecule has 0 unspecified atom stereocenters. The van der Waals surface area contributed by atoms with Crippen LogP contribution >= 0.6 is 0 Å². The van der Waals surface area contributed by atoms with Gasteiger partial charge in [-0.25, -0.2) is 0 Å². The number of unbranched alkanes of at least 4 members (excludes halogenated alkanes) is 1. The van der Waals surface area contributed by atoms with Crippen LogP contribution in [0.25, 0.3) is 17.2 Å². The molecule has 2 aromatic rings. The lowest BCUT2D eigenvalue weighted by molar-refractivity contribution is 0.290. The number of hydrogen-bond acceptors (Lipinski definition) is 1. The summed E-state index contributed by atoms with van der Waals surface area (Å²) in [7, 11) is 0. The van der Waals surface area contributed by atoms with Crippen molar-refractivity contribution in [3.63, 3.8) is 0 Å². The Bertz CT molecular complexity index is 500. The van der Waals surface area contributed by atoms with Gasteiger partial charge in [0.1, 0.15) is 0 Å². The summed E-state index contributed by atoms with van der Waals surface area (Å²) >= 11 is 0. The highest BCUT2D eigenvalue weighted by Crippen LogP contribution is 2.20. The van der Waals surface area contributed by atoms with E-state index < -0.39 is 0 Å². The minimum Gasteiger partial charge on any atom is -0.396 e. The smallest absolute Gasteiger partial charge is 0.0433 e. The number of rotatable bonds is 5. The summed E-state index contributed by atoms with van der Waals surface area (Å²) in [6.07, 6.45) is 5.98. The summed E-state index contributed by atoms with van der Waals surface area (Å²) in [4.78, 5) is 0. The molecule has 0 aliphatic carbocycles. The van der Waals surface area contributed by atoms with Crippen molar-refractivity contribution in [1.29, 1.82) is 0 Å². The number of allylic oxidation sites excluding steroid dienone is 1. The molecule has 0 atom stereocenters. The number of aliphatic hydroxyl groups is 1. The van der Waals surface area contributed by atoms with Gasteiger partial charge in [-0.3, -0.25) is 0 Å². The summed E-state index contributed by atoms with van der Waals surface area (Å²) in [6, 6.07) is 18.9. The fourth-order valence-electron chi connectivity index (χ4n) is 1.88. The van der Waals surface area contributed by atoms with Crippen molar-refractivity contribution in [1.82, 2.24) is 0 Å². The lowest BCUT2D eigenvalue weighted by atomic mass is 10.0. The fraction of sp³-hybridized carbons (Fsp3) is 0.176. The fourth-order valence-corrected chi connectivity index (χ4v) is 1.88. The first-order valence-electron chi connectivity index (χ1n) is 6.33. The van der Waals surface area contributed by atoms with Crippen LogP contribution < -0.4 is 0 Å². The van der Waals surface area contributed by atoms with E-state index in [-0.39, 0.29) is 6.61 Å². The van der Waals surface area contributed by atoms with Crippen LogP contribution in [0, 0.1) is 0 Å². The minimum atomic E-state index is 0.258. The van der Waals surface area contributed by atoms with Gasteiger partial charge in [0.25, 0.3) is 0 Å². The molecule has 0 bridgehead atoms. The van der Waals surface area contributed by atoms with Gasteiger partial charge in [-0.2, -0.15) is 0 Å². The summed E-state index contributed by atoms with van der Waals surface area (Å²) in [5.74, 6) is 0. The molecule has 0 aliphatic heterocycles. The highest BCUT2D eigenvalue weighted by Gasteiger charge is 1.96. The van der Waals surface area contributed by atoms with Gasteiger partial charge in [-0.05, 0) is 35.6 Å². The topological polar surface area (TPSA) is 20.2 Å². The Balaban J connectivity index is 2.13. The van der Waals surface area contributed by atoms with Crippen molar-refractivity contribution in [3.8, 4) is 11.1 Å². The van der Waals surface area contributed by atoms with E-state index in [1.807, 2.05) is 6.07 Å². The second-order valence-electron chi connectivity index (χ2n) is 4.26. The third kappa shape index (κ3) is 3.57. The Morgan fingerprint density at radius 3 is 2.44 bits per heavy atom. The molecule has 0 aromatic heterocycles. The van der Waals surface area contributed by atoms with E-state index in [0.29, 0.717) is 0 Å². The molecule has 2 rings (SSSR count). The number of hydrogen-bond donors (Lipinski definition) is 1. The van der Waals surface area contributed by atoms with E-state index in [9.17, 15) is 0 Å². The highest BCUT2D eigenvalue weighted by atomic mass is 16.2. The van der Waals surface area contributed by atoms with Crippen LogP contribution in [0.2, 0.25) is 0 Å². The third-order valence-corrected chi connectivity index (χ3v) is 2.83. The second kappa shape index (κ2) is 6.77. The molecule has 0 amide bonds. The van der Waals surface area contributed by atoms with Gasteiger partial charge in [0.05, 0.1) is 0 Å². The molecule has 0 heterocycles. The van der Waals surface area contributed by atoms with E-state index >= 15 is 0 Å². The van der Waals surface area contributed by atoms with Gasteiger partial charge in [0.2, 0.25) is 0 Å². The molecular weight excluding hydrogens is 220 g/mol. The predicted octanol–water partition coefficient (Wildman–Crippen LogP) is 4.14. The van der Waals surface area contributed by atoms with Crippen molar-refractivity contribution in [3.05, 3.63) is 66.2 Å². The Labute approximate surface area is 108 Å². The van der Waals surface area contributed by atoms with Crippen LogP contribution in [-0.4, -0.2) is 11.7 Å². The first-order valence-corrected chi connectivity index (χ1v) is 6.33. The molecule has 0 spiro atoms. The molecule has 1 N–H and O–H groups in total. The van der Waals surface area contributed by atoms with Gasteiger partial charge >= 0.3 is 0 Å². The summed E-state index contributed by atoms with van der Waals surface area (Å²) < 4.78 is 0. The standard InChI is InChI=1S/C17H18O/c18-13-6-2-3-8-15-9-7-12-17(14-15)16-10-4-1-5-11-16/h1,3-5,7-12,14,18H,2,6,13H2. The molecule has 18 heavy (non-hydrogen) atoms. The van der Waals surface area contributed by atoms with Crippen LogP contribution in [0.5, 0.6) is 0 Å². The second-order valence-corrected chi connectivity index (χ2v) is 4.26. The molecule has 0 saturated carbocycles. The lowest BCUT2D eigenvalue weighted by Crippen LogP contribution is -1.80. The molecular formula is C17H18O. The lowest BCUT2D eigenvalue weighted by Gasteiger charge is -2.02. The zero-order valence-corrected chi connectivity index (χ0v) is 10.4. The Hall–Kier alpha value is -1.86. The zero-order valence-electron chi connectivity index (χ0n) is 10.4. The zero-order chi connectivity index (χ0) is 12.6. The van der Waals surface area contributed by atoms with Crippen molar-refractivity contribution in [2.45, 2.75) is 12.8 Å². The van der Waals surface area contributed by atoms with Crippen molar-refractivity contribution >= 4 is 6.08 Å². The van der Waals surface area contributed by atoms with Crippen LogP contribution in [0.4, 0.5) is 0 Å². The first kappa shape index (κ1) is 12.6. The molecule has 0 saturated heterocycles. The van der Waals surface area contributed by atoms with Crippen LogP contribution in [0.1, 0.15) is 18.4 Å². The SMILES string of the molecule is OCCCC=Cc1cccc(-c2ccccc2)c1. The van der Waals surface area contributed by atoms with E-state index in [1.54, 1.807) is 0 Å². The van der Waals surface area contributed by atoms with Crippen LogP contribution in [0.3, 0.4) is 0 Å². The molecule has 1 heteroatoms. The Morgan fingerprint density at radius 1 is 0.889 bits per heavy atom. The quantitative estimate of drug-likeness (QED) is 0.776. The molecule has 2 aromatic carbocycles. The average Bonchev–Trinajstić information content (AvgIpc) is 2.45. The number of aliphatic hydroxyl groups excluding tert-OH is 1. The maximum absolute atomic E-state index is 8.72. The predicted molar refractivity (Wildman–Crippen MR) is 77.2 cm³/mol. The highest BCUT2D eigenvalue weighted by molar-refractivity contribution is 5.67. The monoisotopic (exact) mass is 238 g/mol. The number of benzene rings is 2. The largest absolute Gasteiger partial charge is 0.396 e. The summed E-state index contributed by atoms with van der Waals surface area (Å²) in [6.45, 7) is 0.258. The average molecular weight is 238 g/mol. The normalized spacial score (nSPS) is 10.9. The van der Waals surface area contributed by atoms with E-state index in [1.165, 1.54) is 16.7 Å². The van der Waals surface area contributed by atoms with Crippen LogP contribution in [-0.2, 0) is 0 Å². The van der Waals surface area contributed by atoms with Crippen molar-refractivity contribution in [2.75, 3.05) is 6.61 Å². The molecule has 0 fully saturated rings. The van der Waals surface area contributed by atoms with Gasteiger partial charge in [-0.1, -0.05) is 60.7 Å². The first-order chi connectivity index (χ1) is 8.90. The Morgan fingerprint density at radius 2 is 1.67 bits per heavy atom. The van der Waals surface area contributed by atoms with Crippen molar-refractivity contribution < 1.29 is 5.11 Å². The van der Waals surface area contributed by atoms with E-state index in [2.05, 4.69) is 60.7 Å². The molecule has 0 radical (unpaired) electrons. The minimum absolute atomic E-state index is 0.258.